The molecule has 0 aliphatic heterocycles. The number of aromatic nitrogens is 3. The van der Waals surface area contributed by atoms with Crippen molar-refractivity contribution in [3.63, 3.8) is 0 Å². The topological polar surface area (TPSA) is 57.0 Å². The van der Waals surface area contributed by atoms with Crippen LogP contribution in [0.15, 0.2) is 160 Å². The van der Waals surface area contributed by atoms with Crippen LogP contribution in [-0.2, 0) is 0 Å². The fraction of sp³-hybridized carbons (Fsp3) is 0. The van der Waals surface area contributed by atoms with E-state index in [4.69, 9.17) is 18.8 Å². The third-order valence-corrected chi connectivity index (χ3v) is 9.06. The molecule has 10 aromatic rings. The third-order valence-electron chi connectivity index (χ3n) is 9.06. The number of nitrogens with zero attached hydrogens (tertiary/aromatic N) is 3. The minimum Gasteiger partial charge on any atom is -0.455 e. The summed E-state index contributed by atoms with van der Waals surface area (Å²) in [6.45, 7) is 0. The first-order chi connectivity index (χ1) is 23.3. The van der Waals surface area contributed by atoms with E-state index in [1.807, 2.05) is 48.5 Å². The Morgan fingerprint density at radius 1 is 0.447 bits per heavy atom. The van der Waals surface area contributed by atoms with E-state index in [0.717, 1.165) is 88.8 Å². The summed E-state index contributed by atoms with van der Waals surface area (Å²) < 4.78 is 14.9. The Labute approximate surface area is 269 Å². The molecule has 6 aromatic carbocycles. The number of fused-ring (bicyclic) bond motifs is 8. The van der Waals surface area contributed by atoms with Crippen molar-refractivity contribution in [1.82, 2.24) is 14.5 Å². The first kappa shape index (κ1) is 25.8. The summed E-state index contributed by atoms with van der Waals surface area (Å²) in [4.78, 5) is 10.1. The van der Waals surface area contributed by atoms with Crippen molar-refractivity contribution in [2.24, 2.45) is 0 Å². The smallest absolute Gasteiger partial charge is 0.231 e. The number of hydrogen-bond donors (Lipinski definition) is 0. The summed E-state index contributed by atoms with van der Waals surface area (Å²) >= 11 is 0. The molecule has 0 fully saturated rings. The minimum atomic E-state index is 0.578. The maximum absolute atomic E-state index is 6.48. The van der Waals surface area contributed by atoms with Crippen LogP contribution in [0.3, 0.4) is 0 Å². The number of benzene rings is 6. The van der Waals surface area contributed by atoms with E-state index in [-0.39, 0.29) is 0 Å². The SMILES string of the molecule is c1ccc(-n2c(-c3ccc(-c4ccc(-c5nc6oc7ccccc7c6c6oc7ccccc7c56)cc4)cc3)nc3ccccc32)cc1. The van der Waals surface area contributed by atoms with E-state index < -0.39 is 0 Å². The Morgan fingerprint density at radius 2 is 1.02 bits per heavy atom. The summed E-state index contributed by atoms with van der Waals surface area (Å²) in [5.41, 5.74) is 11.3. The van der Waals surface area contributed by atoms with Crippen LogP contribution in [0, 0.1) is 0 Å². The van der Waals surface area contributed by atoms with Crippen molar-refractivity contribution in [3.8, 4) is 39.5 Å². The highest BCUT2D eigenvalue weighted by Gasteiger charge is 2.22. The van der Waals surface area contributed by atoms with Gasteiger partial charge in [0, 0.05) is 27.6 Å². The van der Waals surface area contributed by atoms with Crippen LogP contribution in [-0.4, -0.2) is 14.5 Å². The molecule has 0 saturated carbocycles. The molecule has 0 saturated heterocycles. The second-order valence-electron chi connectivity index (χ2n) is 11.8. The first-order valence-corrected chi connectivity index (χ1v) is 15.7. The molecule has 0 N–H and O–H groups in total. The zero-order valence-electron chi connectivity index (χ0n) is 25.1. The van der Waals surface area contributed by atoms with Crippen molar-refractivity contribution < 1.29 is 8.83 Å². The lowest BCUT2D eigenvalue weighted by Crippen LogP contribution is -1.97. The number of furan rings is 2. The second kappa shape index (κ2) is 10.0. The zero-order chi connectivity index (χ0) is 30.9. The Kier molecular flexibility index (Phi) is 5.51. The molecule has 0 amide bonds. The largest absolute Gasteiger partial charge is 0.455 e. The molecule has 0 bridgehead atoms. The second-order valence-corrected chi connectivity index (χ2v) is 11.8. The van der Waals surface area contributed by atoms with E-state index >= 15 is 0 Å². The molecule has 0 unspecified atom stereocenters. The van der Waals surface area contributed by atoms with Gasteiger partial charge in [-0.15, -0.1) is 0 Å². The number of para-hydroxylation sites is 5. The first-order valence-electron chi connectivity index (χ1n) is 15.7. The monoisotopic (exact) mass is 603 g/mol. The molecule has 5 heteroatoms. The van der Waals surface area contributed by atoms with Crippen molar-refractivity contribution in [1.29, 1.82) is 0 Å². The van der Waals surface area contributed by atoms with Crippen molar-refractivity contribution >= 4 is 55.0 Å². The molecule has 10 rings (SSSR count). The van der Waals surface area contributed by atoms with Crippen LogP contribution < -0.4 is 0 Å². The average Bonchev–Trinajstić information content (AvgIpc) is 3.83. The summed E-state index contributed by atoms with van der Waals surface area (Å²) in [5.74, 6) is 0.919. The molecule has 5 nitrogen and oxygen atoms in total. The van der Waals surface area contributed by atoms with E-state index in [1.54, 1.807) is 0 Å². The van der Waals surface area contributed by atoms with Crippen LogP contribution in [0.5, 0.6) is 0 Å². The van der Waals surface area contributed by atoms with E-state index in [0.29, 0.717) is 5.71 Å². The van der Waals surface area contributed by atoms with Gasteiger partial charge in [-0.3, -0.25) is 4.57 Å². The van der Waals surface area contributed by atoms with Crippen molar-refractivity contribution in [2.75, 3.05) is 0 Å². The van der Waals surface area contributed by atoms with Crippen molar-refractivity contribution in [3.05, 3.63) is 152 Å². The van der Waals surface area contributed by atoms with Gasteiger partial charge in [-0.1, -0.05) is 115 Å². The van der Waals surface area contributed by atoms with Gasteiger partial charge in [-0.05, 0) is 47.5 Å². The van der Waals surface area contributed by atoms with Gasteiger partial charge in [0.2, 0.25) is 5.71 Å². The van der Waals surface area contributed by atoms with Gasteiger partial charge in [0.25, 0.3) is 0 Å². The number of imidazole rings is 1. The quantitative estimate of drug-likeness (QED) is 0.201. The van der Waals surface area contributed by atoms with Gasteiger partial charge in [-0.2, -0.15) is 0 Å². The Morgan fingerprint density at radius 3 is 1.77 bits per heavy atom. The molecule has 4 aromatic heterocycles. The fourth-order valence-electron chi connectivity index (χ4n) is 6.84. The van der Waals surface area contributed by atoms with Gasteiger partial charge in [-0.25, -0.2) is 9.97 Å². The normalized spacial score (nSPS) is 11.8. The Balaban J connectivity index is 1.06. The standard InChI is InChI=1S/C42H25N3O2/c1-2-10-30(11-3-1)45-34-15-7-6-14-33(34)43-41(45)29-24-20-27(21-25-29)26-18-22-28(23-19-26)39-37-31-12-4-8-16-35(31)46-40(37)38-32-13-5-9-17-36(32)47-42(38)44-39/h1-25H. The van der Waals surface area contributed by atoms with E-state index in [1.165, 1.54) is 0 Å². The van der Waals surface area contributed by atoms with Crippen LogP contribution in [0.1, 0.15) is 0 Å². The van der Waals surface area contributed by atoms with Gasteiger partial charge in [0.15, 0.2) is 5.58 Å². The summed E-state index contributed by atoms with van der Waals surface area (Å²) in [7, 11) is 0. The van der Waals surface area contributed by atoms with Crippen LogP contribution in [0.4, 0.5) is 0 Å². The molecule has 0 aliphatic rings. The fourth-order valence-corrected chi connectivity index (χ4v) is 6.84. The molecule has 0 aliphatic carbocycles. The zero-order valence-corrected chi connectivity index (χ0v) is 25.1. The predicted octanol–water partition coefficient (Wildman–Crippen LogP) is 11.2. The highest BCUT2D eigenvalue weighted by molar-refractivity contribution is 6.24. The van der Waals surface area contributed by atoms with Crippen LogP contribution >= 0.6 is 0 Å². The molecule has 4 heterocycles. The number of rotatable bonds is 4. The van der Waals surface area contributed by atoms with Crippen LogP contribution in [0.2, 0.25) is 0 Å². The summed E-state index contributed by atoms with van der Waals surface area (Å²) in [6.07, 6.45) is 0. The molecule has 220 valence electrons. The molecular formula is C42H25N3O2. The van der Waals surface area contributed by atoms with Gasteiger partial charge < -0.3 is 8.83 Å². The maximum Gasteiger partial charge on any atom is 0.231 e. The molecule has 0 radical (unpaired) electrons. The van der Waals surface area contributed by atoms with E-state index in [2.05, 4.69) is 108 Å². The van der Waals surface area contributed by atoms with E-state index in [9.17, 15) is 0 Å². The maximum atomic E-state index is 6.48. The van der Waals surface area contributed by atoms with Gasteiger partial charge in [0.1, 0.15) is 17.0 Å². The van der Waals surface area contributed by atoms with Crippen LogP contribution in [0.25, 0.3) is 94.5 Å². The van der Waals surface area contributed by atoms with Gasteiger partial charge in [0.05, 0.1) is 27.5 Å². The van der Waals surface area contributed by atoms with Crippen molar-refractivity contribution in [2.45, 2.75) is 0 Å². The molecular weight excluding hydrogens is 578 g/mol. The highest BCUT2D eigenvalue weighted by atomic mass is 16.4. The Bertz CT molecular complexity index is 2770. The lowest BCUT2D eigenvalue weighted by molar-refractivity contribution is 0.651. The predicted molar refractivity (Wildman–Crippen MR) is 190 cm³/mol. The molecule has 47 heavy (non-hydrogen) atoms. The molecule has 0 spiro atoms. The third kappa shape index (κ3) is 3.97. The lowest BCUT2D eigenvalue weighted by atomic mass is 9.99. The number of hydrogen-bond acceptors (Lipinski definition) is 4. The minimum absolute atomic E-state index is 0.578. The average molecular weight is 604 g/mol. The summed E-state index contributed by atoms with van der Waals surface area (Å²) in [5, 5.41) is 3.95. The highest BCUT2D eigenvalue weighted by Crippen LogP contribution is 2.43. The Hall–Kier alpha value is -6.46. The summed E-state index contributed by atoms with van der Waals surface area (Å²) in [6, 6.07) is 52.1. The van der Waals surface area contributed by atoms with Gasteiger partial charge >= 0.3 is 0 Å². The lowest BCUT2D eigenvalue weighted by Gasteiger charge is -2.10. The number of pyridine rings is 1. The molecule has 0 atom stereocenters.